The van der Waals surface area contributed by atoms with E-state index in [9.17, 15) is 4.79 Å². The molecular weight excluding hydrogens is 300 g/mol. The van der Waals surface area contributed by atoms with E-state index in [1.807, 2.05) is 12.1 Å². The van der Waals surface area contributed by atoms with Gasteiger partial charge >= 0.3 is 5.97 Å². The quantitative estimate of drug-likeness (QED) is 0.390. The summed E-state index contributed by atoms with van der Waals surface area (Å²) in [4.78, 5) is 15.4. The topological polar surface area (TPSA) is 75.6 Å². The smallest absolute Gasteiger partial charge is 0.337 e. The molecule has 0 unspecified atom stereocenters. The molecule has 2 rings (SSSR count). The van der Waals surface area contributed by atoms with Gasteiger partial charge in [-0.05, 0) is 36.5 Å². The number of hydrogen-bond donors (Lipinski definition) is 2. The van der Waals surface area contributed by atoms with Gasteiger partial charge in [-0.2, -0.15) is 5.10 Å². The zero-order valence-corrected chi connectivity index (χ0v) is 12.6. The van der Waals surface area contributed by atoms with Gasteiger partial charge in [0.25, 0.3) is 0 Å². The van der Waals surface area contributed by atoms with E-state index in [2.05, 4.69) is 25.6 Å². The summed E-state index contributed by atoms with van der Waals surface area (Å²) in [6.45, 7) is 0. The van der Waals surface area contributed by atoms with E-state index < -0.39 is 5.97 Å². The van der Waals surface area contributed by atoms with E-state index in [4.69, 9.17) is 12.2 Å². The molecule has 7 heteroatoms. The number of benzene rings is 1. The molecule has 1 heterocycles. The highest BCUT2D eigenvalue weighted by Crippen LogP contribution is 2.11. The summed E-state index contributed by atoms with van der Waals surface area (Å²) in [5, 5.41) is 7.24. The summed E-state index contributed by atoms with van der Waals surface area (Å²) in [6, 6.07) is 10.5. The molecule has 1 aromatic heterocycles. The SMILES string of the molecule is COC(=O)c1cccc(NC(=S)N/N=C/c2cccnc2)c1. The number of pyridine rings is 1. The fourth-order valence-corrected chi connectivity index (χ4v) is 1.79. The highest BCUT2D eigenvalue weighted by molar-refractivity contribution is 7.80. The van der Waals surface area contributed by atoms with Crippen molar-refractivity contribution in [2.45, 2.75) is 0 Å². The number of anilines is 1. The van der Waals surface area contributed by atoms with Crippen LogP contribution in [0.5, 0.6) is 0 Å². The molecule has 0 bridgehead atoms. The minimum atomic E-state index is -0.405. The zero-order chi connectivity index (χ0) is 15.8. The monoisotopic (exact) mass is 314 g/mol. The first-order chi connectivity index (χ1) is 10.7. The highest BCUT2D eigenvalue weighted by Gasteiger charge is 2.05. The maximum Gasteiger partial charge on any atom is 0.337 e. The Bertz CT molecular complexity index is 689. The van der Waals surface area contributed by atoms with Crippen LogP contribution in [0.4, 0.5) is 5.69 Å². The molecule has 112 valence electrons. The predicted octanol–water partition coefficient (Wildman–Crippen LogP) is 2.19. The van der Waals surface area contributed by atoms with E-state index in [1.165, 1.54) is 7.11 Å². The summed E-state index contributed by atoms with van der Waals surface area (Å²) in [5.41, 5.74) is 4.64. The Hall–Kier alpha value is -2.80. The number of esters is 1. The van der Waals surface area contributed by atoms with E-state index in [0.29, 0.717) is 16.4 Å². The van der Waals surface area contributed by atoms with Gasteiger partial charge in [0, 0.05) is 23.6 Å². The number of methoxy groups -OCH3 is 1. The molecule has 0 saturated heterocycles. The summed E-state index contributed by atoms with van der Waals surface area (Å²) in [6.07, 6.45) is 4.97. The number of nitrogens with zero attached hydrogens (tertiary/aromatic N) is 2. The van der Waals surface area contributed by atoms with Gasteiger partial charge in [0.1, 0.15) is 0 Å². The van der Waals surface area contributed by atoms with Crippen LogP contribution in [0.15, 0.2) is 53.9 Å². The molecule has 0 amide bonds. The van der Waals surface area contributed by atoms with Crippen molar-refractivity contribution in [3.8, 4) is 0 Å². The second kappa shape index (κ2) is 7.84. The maximum absolute atomic E-state index is 11.5. The van der Waals surface area contributed by atoms with Crippen LogP contribution in [-0.2, 0) is 4.74 Å². The normalized spacial score (nSPS) is 10.2. The van der Waals surface area contributed by atoms with Gasteiger partial charge in [0.05, 0.1) is 18.9 Å². The Morgan fingerprint density at radius 1 is 1.36 bits per heavy atom. The van der Waals surface area contributed by atoms with E-state index in [1.54, 1.807) is 42.9 Å². The van der Waals surface area contributed by atoms with Crippen molar-refractivity contribution in [1.29, 1.82) is 0 Å². The summed E-state index contributed by atoms with van der Waals surface area (Å²) in [5.74, 6) is -0.405. The van der Waals surface area contributed by atoms with Crippen molar-refractivity contribution >= 4 is 35.2 Å². The van der Waals surface area contributed by atoms with Crippen LogP contribution in [0, 0.1) is 0 Å². The average molecular weight is 314 g/mol. The molecule has 0 atom stereocenters. The van der Waals surface area contributed by atoms with E-state index >= 15 is 0 Å². The lowest BCUT2D eigenvalue weighted by atomic mass is 10.2. The fraction of sp³-hybridized carbons (Fsp3) is 0.0667. The fourth-order valence-electron chi connectivity index (χ4n) is 1.62. The van der Waals surface area contributed by atoms with Crippen LogP contribution in [0.2, 0.25) is 0 Å². The van der Waals surface area contributed by atoms with Crippen molar-refractivity contribution < 1.29 is 9.53 Å². The van der Waals surface area contributed by atoms with Gasteiger partial charge in [-0.25, -0.2) is 4.79 Å². The molecule has 1 aromatic carbocycles. The Morgan fingerprint density at radius 2 is 2.23 bits per heavy atom. The van der Waals surface area contributed by atoms with Gasteiger partial charge in [-0.1, -0.05) is 12.1 Å². The number of ether oxygens (including phenoxy) is 1. The number of thiocarbonyl (C=S) groups is 1. The Morgan fingerprint density at radius 3 is 2.95 bits per heavy atom. The third kappa shape index (κ3) is 4.64. The van der Waals surface area contributed by atoms with Gasteiger partial charge in [-0.3, -0.25) is 10.4 Å². The second-order valence-corrected chi connectivity index (χ2v) is 4.59. The van der Waals surface area contributed by atoms with Gasteiger partial charge < -0.3 is 10.1 Å². The Balaban J connectivity index is 1.92. The molecule has 0 saturated carbocycles. The van der Waals surface area contributed by atoms with Crippen LogP contribution in [0.25, 0.3) is 0 Å². The zero-order valence-electron chi connectivity index (χ0n) is 11.8. The van der Waals surface area contributed by atoms with Crippen LogP contribution >= 0.6 is 12.2 Å². The van der Waals surface area contributed by atoms with Crippen LogP contribution in [0.3, 0.4) is 0 Å². The molecule has 0 aliphatic rings. The van der Waals surface area contributed by atoms with Gasteiger partial charge in [-0.15, -0.1) is 0 Å². The average Bonchev–Trinajstić information content (AvgIpc) is 2.55. The highest BCUT2D eigenvalue weighted by atomic mass is 32.1. The van der Waals surface area contributed by atoms with Crippen molar-refractivity contribution in [3.63, 3.8) is 0 Å². The molecule has 2 N–H and O–H groups in total. The number of carbonyl (C=O) groups is 1. The molecule has 0 spiro atoms. The third-order valence-corrected chi connectivity index (χ3v) is 2.80. The Kier molecular flexibility index (Phi) is 5.56. The molecule has 0 aliphatic carbocycles. The molecule has 0 radical (unpaired) electrons. The minimum absolute atomic E-state index is 0.308. The lowest BCUT2D eigenvalue weighted by molar-refractivity contribution is 0.0601. The molecule has 22 heavy (non-hydrogen) atoms. The molecular formula is C15H14N4O2S. The van der Waals surface area contributed by atoms with Crippen molar-refractivity contribution in [2.75, 3.05) is 12.4 Å². The van der Waals surface area contributed by atoms with E-state index in [-0.39, 0.29) is 0 Å². The number of aromatic nitrogens is 1. The van der Waals surface area contributed by atoms with Crippen molar-refractivity contribution in [3.05, 3.63) is 59.9 Å². The van der Waals surface area contributed by atoms with Crippen LogP contribution in [-0.4, -0.2) is 29.4 Å². The summed E-state index contributed by atoms with van der Waals surface area (Å²) in [7, 11) is 1.34. The van der Waals surface area contributed by atoms with E-state index in [0.717, 1.165) is 5.56 Å². The first kappa shape index (κ1) is 15.6. The first-order valence-corrected chi connectivity index (χ1v) is 6.78. The third-order valence-electron chi connectivity index (χ3n) is 2.61. The molecule has 2 aromatic rings. The molecule has 0 fully saturated rings. The summed E-state index contributed by atoms with van der Waals surface area (Å²) < 4.78 is 4.67. The number of carbonyl (C=O) groups excluding carboxylic acids is 1. The number of hydrazone groups is 1. The predicted molar refractivity (Wildman–Crippen MR) is 89.0 cm³/mol. The van der Waals surface area contributed by atoms with Crippen LogP contribution < -0.4 is 10.7 Å². The summed E-state index contributed by atoms with van der Waals surface area (Å²) >= 11 is 5.12. The Labute approximate surface area is 133 Å². The van der Waals surface area contributed by atoms with Crippen molar-refractivity contribution in [2.24, 2.45) is 5.10 Å². The van der Waals surface area contributed by atoms with Gasteiger partial charge in [0.2, 0.25) is 0 Å². The lowest BCUT2D eigenvalue weighted by Crippen LogP contribution is -2.24. The van der Waals surface area contributed by atoms with Crippen LogP contribution in [0.1, 0.15) is 15.9 Å². The minimum Gasteiger partial charge on any atom is -0.465 e. The largest absolute Gasteiger partial charge is 0.465 e. The first-order valence-electron chi connectivity index (χ1n) is 6.37. The van der Waals surface area contributed by atoms with Crippen molar-refractivity contribution in [1.82, 2.24) is 10.4 Å². The molecule has 0 aliphatic heterocycles. The molecule has 6 nitrogen and oxygen atoms in total. The lowest BCUT2D eigenvalue weighted by Gasteiger charge is -2.08. The maximum atomic E-state index is 11.5. The number of rotatable bonds is 4. The second-order valence-electron chi connectivity index (χ2n) is 4.18. The van der Waals surface area contributed by atoms with Gasteiger partial charge in [0.15, 0.2) is 5.11 Å². The number of nitrogens with one attached hydrogen (secondary N) is 2. The number of hydrogen-bond acceptors (Lipinski definition) is 5. The standard InChI is InChI=1S/C15H14N4O2S/c1-21-14(20)12-5-2-6-13(8-12)18-15(22)19-17-10-11-4-3-7-16-9-11/h2-10H,1H3,(H2,18,19,22)/b17-10+.